The van der Waals surface area contributed by atoms with E-state index in [0.29, 0.717) is 0 Å². The molecule has 0 aliphatic heterocycles. The number of aliphatic hydroxyl groups is 1. The van der Waals surface area contributed by atoms with Crippen LogP contribution in [0, 0.1) is 0 Å². The lowest BCUT2D eigenvalue weighted by molar-refractivity contribution is 0.223. The summed E-state index contributed by atoms with van der Waals surface area (Å²) in [5.41, 5.74) is 1.96. The van der Waals surface area contributed by atoms with Crippen molar-refractivity contribution >= 4 is 48.7 Å². The SMILES string of the molecule is OC(c1ccsc1)c1csc2c(Br)cccc12. The molecule has 17 heavy (non-hydrogen) atoms. The van der Waals surface area contributed by atoms with Gasteiger partial charge in [0.25, 0.3) is 0 Å². The van der Waals surface area contributed by atoms with Crippen LogP contribution in [-0.4, -0.2) is 5.11 Å². The van der Waals surface area contributed by atoms with E-state index in [1.54, 1.807) is 22.7 Å². The molecule has 2 heterocycles. The molecule has 0 aliphatic carbocycles. The first-order valence-electron chi connectivity index (χ1n) is 5.13. The summed E-state index contributed by atoms with van der Waals surface area (Å²) in [4.78, 5) is 0. The second-order valence-corrected chi connectivity index (χ2v) is 6.28. The standard InChI is InChI=1S/C13H9BrOS2/c14-11-3-1-2-9-10(7-17-13(9)11)12(15)8-4-5-16-6-8/h1-7,12,15H. The van der Waals surface area contributed by atoms with Gasteiger partial charge in [0.2, 0.25) is 0 Å². The molecular weight excluding hydrogens is 316 g/mol. The Morgan fingerprint density at radius 3 is 2.82 bits per heavy atom. The van der Waals surface area contributed by atoms with Crippen molar-refractivity contribution in [1.29, 1.82) is 0 Å². The first kappa shape index (κ1) is 11.4. The minimum Gasteiger partial charge on any atom is -0.384 e. The number of hydrogen-bond donors (Lipinski definition) is 1. The van der Waals surface area contributed by atoms with E-state index in [1.807, 2.05) is 34.3 Å². The van der Waals surface area contributed by atoms with Crippen molar-refractivity contribution < 1.29 is 5.11 Å². The summed E-state index contributed by atoms with van der Waals surface area (Å²) in [6.45, 7) is 0. The highest BCUT2D eigenvalue weighted by Crippen LogP contribution is 2.37. The van der Waals surface area contributed by atoms with E-state index >= 15 is 0 Å². The van der Waals surface area contributed by atoms with E-state index in [1.165, 1.54) is 4.70 Å². The van der Waals surface area contributed by atoms with E-state index in [-0.39, 0.29) is 0 Å². The second-order valence-electron chi connectivity index (χ2n) is 3.77. The van der Waals surface area contributed by atoms with Crippen molar-refractivity contribution in [2.45, 2.75) is 6.10 Å². The maximum Gasteiger partial charge on any atom is 0.106 e. The fourth-order valence-electron chi connectivity index (χ4n) is 1.86. The van der Waals surface area contributed by atoms with Gasteiger partial charge in [-0.05, 0) is 55.2 Å². The van der Waals surface area contributed by atoms with Crippen molar-refractivity contribution in [3.05, 3.63) is 56.0 Å². The van der Waals surface area contributed by atoms with Crippen molar-refractivity contribution in [3.8, 4) is 0 Å². The number of thiophene rings is 2. The smallest absolute Gasteiger partial charge is 0.106 e. The van der Waals surface area contributed by atoms with Gasteiger partial charge in [0.1, 0.15) is 6.10 Å². The number of rotatable bonds is 2. The van der Waals surface area contributed by atoms with Gasteiger partial charge in [-0.3, -0.25) is 0 Å². The Morgan fingerprint density at radius 2 is 2.06 bits per heavy atom. The Balaban J connectivity index is 2.15. The maximum atomic E-state index is 10.4. The van der Waals surface area contributed by atoms with Crippen LogP contribution in [0.2, 0.25) is 0 Å². The topological polar surface area (TPSA) is 20.2 Å². The lowest BCUT2D eigenvalue weighted by Crippen LogP contribution is -1.96. The minimum absolute atomic E-state index is 0.524. The summed E-state index contributed by atoms with van der Waals surface area (Å²) in [6.07, 6.45) is -0.524. The largest absolute Gasteiger partial charge is 0.384 e. The van der Waals surface area contributed by atoms with Gasteiger partial charge in [0.15, 0.2) is 0 Å². The predicted molar refractivity (Wildman–Crippen MR) is 77.9 cm³/mol. The minimum atomic E-state index is -0.524. The van der Waals surface area contributed by atoms with Gasteiger partial charge < -0.3 is 5.11 Å². The molecule has 4 heteroatoms. The molecule has 0 aliphatic rings. The van der Waals surface area contributed by atoms with Gasteiger partial charge in [-0.1, -0.05) is 12.1 Å². The fourth-order valence-corrected chi connectivity index (χ4v) is 4.18. The van der Waals surface area contributed by atoms with E-state index in [4.69, 9.17) is 0 Å². The van der Waals surface area contributed by atoms with Crippen LogP contribution in [0.3, 0.4) is 0 Å². The molecule has 1 unspecified atom stereocenters. The van der Waals surface area contributed by atoms with Gasteiger partial charge in [-0.25, -0.2) is 0 Å². The molecule has 0 saturated carbocycles. The summed E-state index contributed by atoms with van der Waals surface area (Å²) in [5.74, 6) is 0. The quantitative estimate of drug-likeness (QED) is 0.717. The third kappa shape index (κ3) is 1.95. The highest BCUT2D eigenvalue weighted by molar-refractivity contribution is 9.10. The monoisotopic (exact) mass is 324 g/mol. The van der Waals surface area contributed by atoms with Crippen LogP contribution >= 0.6 is 38.6 Å². The summed E-state index contributed by atoms with van der Waals surface area (Å²) < 4.78 is 2.28. The molecule has 0 bridgehead atoms. The lowest BCUT2D eigenvalue weighted by Gasteiger charge is -2.07. The van der Waals surface area contributed by atoms with Crippen LogP contribution in [0.25, 0.3) is 10.1 Å². The van der Waals surface area contributed by atoms with E-state index in [0.717, 1.165) is 21.0 Å². The Bertz CT molecular complexity index is 643. The summed E-state index contributed by atoms with van der Waals surface area (Å²) in [7, 11) is 0. The average molecular weight is 325 g/mol. The first-order valence-corrected chi connectivity index (χ1v) is 7.74. The lowest BCUT2D eigenvalue weighted by atomic mass is 10.0. The van der Waals surface area contributed by atoms with E-state index < -0.39 is 6.10 Å². The van der Waals surface area contributed by atoms with Crippen LogP contribution in [0.5, 0.6) is 0 Å². The third-order valence-corrected chi connectivity index (χ3v) is 5.41. The second kappa shape index (κ2) is 4.53. The Hall–Kier alpha value is -0.680. The van der Waals surface area contributed by atoms with Crippen LogP contribution in [-0.2, 0) is 0 Å². The van der Waals surface area contributed by atoms with Crippen molar-refractivity contribution in [2.75, 3.05) is 0 Å². The molecule has 86 valence electrons. The molecule has 1 N–H and O–H groups in total. The van der Waals surface area contributed by atoms with Gasteiger partial charge in [0, 0.05) is 14.7 Å². The normalized spacial score (nSPS) is 13.1. The molecule has 1 aromatic carbocycles. The highest BCUT2D eigenvalue weighted by atomic mass is 79.9. The molecule has 0 spiro atoms. The van der Waals surface area contributed by atoms with Crippen LogP contribution < -0.4 is 0 Å². The molecule has 1 atom stereocenters. The van der Waals surface area contributed by atoms with Crippen molar-refractivity contribution in [3.63, 3.8) is 0 Å². The third-order valence-electron chi connectivity index (χ3n) is 2.74. The number of fused-ring (bicyclic) bond motifs is 1. The number of hydrogen-bond acceptors (Lipinski definition) is 3. The molecule has 3 rings (SSSR count). The predicted octanol–water partition coefficient (Wildman–Crippen LogP) is 4.81. The maximum absolute atomic E-state index is 10.4. The fraction of sp³-hybridized carbons (Fsp3) is 0.0769. The van der Waals surface area contributed by atoms with Crippen molar-refractivity contribution in [2.24, 2.45) is 0 Å². The highest BCUT2D eigenvalue weighted by Gasteiger charge is 2.16. The molecule has 1 nitrogen and oxygen atoms in total. The summed E-state index contributed by atoms with van der Waals surface area (Å²) >= 11 is 6.81. The van der Waals surface area contributed by atoms with E-state index in [2.05, 4.69) is 22.0 Å². The number of aliphatic hydroxyl groups excluding tert-OH is 1. The number of halogens is 1. The summed E-state index contributed by atoms with van der Waals surface area (Å²) in [5, 5.41) is 17.5. The molecule has 0 saturated heterocycles. The van der Waals surface area contributed by atoms with E-state index in [9.17, 15) is 5.11 Å². The summed E-state index contributed by atoms with van der Waals surface area (Å²) in [6, 6.07) is 8.06. The zero-order chi connectivity index (χ0) is 11.8. The molecule has 2 aromatic heterocycles. The van der Waals surface area contributed by atoms with Gasteiger partial charge in [-0.2, -0.15) is 11.3 Å². The molecule has 0 radical (unpaired) electrons. The number of benzene rings is 1. The van der Waals surface area contributed by atoms with Crippen LogP contribution in [0.4, 0.5) is 0 Å². The van der Waals surface area contributed by atoms with Gasteiger partial charge >= 0.3 is 0 Å². The zero-order valence-corrected chi connectivity index (χ0v) is 12.0. The Kier molecular flexibility index (Phi) is 3.04. The van der Waals surface area contributed by atoms with Crippen LogP contribution in [0.1, 0.15) is 17.2 Å². The zero-order valence-electron chi connectivity index (χ0n) is 8.76. The molecule has 3 aromatic rings. The van der Waals surface area contributed by atoms with Crippen LogP contribution in [0.15, 0.2) is 44.9 Å². The Labute approximate surface area is 115 Å². The molecule has 0 amide bonds. The van der Waals surface area contributed by atoms with Crippen molar-refractivity contribution in [1.82, 2.24) is 0 Å². The molecule has 0 fully saturated rings. The van der Waals surface area contributed by atoms with Gasteiger partial charge in [-0.15, -0.1) is 11.3 Å². The first-order chi connectivity index (χ1) is 8.27. The Morgan fingerprint density at radius 1 is 1.18 bits per heavy atom. The molecular formula is C13H9BrOS2. The average Bonchev–Trinajstić information content (AvgIpc) is 2.98. The van der Waals surface area contributed by atoms with Gasteiger partial charge in [0.05, 0.1) is 0 Å².